The third-order valence-electron chi connectivity index (χ3n) is 5.21. The Balaban J connectivity index is 5.62. The Bertz CT molecular complexity index is 757. The quantitative estimate of drug-likeness (QED) is 0.137. The van der Waals surface area contributed by atoms with Crippen LogP contribution in [0.25, 0.3) is 0 Å². The number of hydrogen-bond acceptors (Lipinski definition) is 7. The van der Waals surface area contributed by atoms with Crippen molar-refractivity contribution in [3.05, 3.63) is 0 Å². The molecule has 13 nitrogen and oxygen atoms in total. The number of carboxylic acids is 2. The van der Waals surface area contributed by atoms with Gasteiger partial charge in [0, 0.05) is 6.42 Å². The van der Waals surface area contributed by atoms with E-state index in [2.05, 4.69) is 16.0 Å². The van der Waals surface area contributed by atoms with E-state index in [1.807, 2.05) is 6.92 Å². The fourth-order valence-electron chi connectivity index (χ4n) is 2.96. The van der Waals surface area contributed by atoms with Gasteiger partial charge in [-0.1, -0.05) is 34.1 Å². The molecule has 34 heavy (non-hydrogen) atoms. The molecular formula is C21H37N5O8. The van der Waals surface area contributed by atoms with Gasteiger partial charge in [0.15, 0.2) is 0 Å². The maximum Gasteiger partial charge on any atom is 0.326 e. The Morgan fingerprint density at radius 3 is 1.76 bits per heavy atom. The molecule has 0 spiro atoms. The van der Waals surface area contributed by atoms with E-state index in [-0.39, 0.29) is 31.1 Å². The van der Waals surface area contributed by atoms with E-state index in [9.17, 15) is 33.9 Å². The number of carbonyl (C=O) groups is 6. The molecule has 0 saturated carbocycles. The Labute approximate surface area is 198 Å². The van der Waals surface area contributed by atoms with Crippen LogP contribution in [0.3, 0.4) is 0 Å². The molecule has 4 amide bonds. The molecule has 0 aliphatic heterocycles. The van der Waals surface area contributed by atoms with Crippen molar-refractivity contribution in [1.82, 2.24) is 16.0 Å². The number of primary amides is 1. The number of nitrogens with two attached hydrogens (primary N) is 2. The monoisotopic (exact) mass is 487 g/mol. The Kier molecular flexibility index (Phi) is 13.4. The number of hydrogen-bond donors (Lipinski definition) is 7. The molecular weight excluding hydrogens is 450 g/mol. The van der Waals surface area contributed by atoms with Crippen molar-refractivity contribution < 1.29 is 39.0 Å². The van der Waals surface area contributed by atoms with Crippen molar-refractivity contribution in [3.63, 3.8) is 0 Å². The highest BCUT2D eigenvalue weighted by atomic mass is 16.4. The number of amides is 4. The molecule has 0 rings (SSSR count). The first kappa shape index (κ1) is 30.8. The van der Waals surface area contributed by atoms with E-state index in [1.54, 1.807) is 20.8 Å². The number of carbonyl (C=O) groups excluding carboxylic acids is 4. The molecule has 5 atom stereocenters. The van der Waals surface area contributed by atoms with Crippen molar-refractivity contribution >= 4 is 35.6 Å². The predicted molar refractivity (Wildman–Crippen MR) is 121 cm³/mol. The average molecular weight is 488 g/mol. The van der Waals surface area contributed by atoms with E-state index in [1.165, 1.54) is 0 Å². The first-order valence-electron chi connectivity index (χ1n) is 11.1. The Morgan fingerprint density at radius 2 is 1.32 bits per heavy atom. The first-order valence-corrected chi connectivity index (χ1v) is 11.1. The summed E-state index contributed by atoms with van der Waals surface area (Å²) < 4.78 is 0. The highest BCUT2D eigenvalue weighted by Crippen LogP contribution is 2.09. The van der Waals surface area contributed by atoms with E-state index < -0.39 is 66.2 Å². The van der Waals surface area contributed by atoms with Crippen LogP contribution in [-0.4, -0.2) is 69.9 Å². The van der Waals surface area contributed by atoms with E-state index in [0.717, 1.165) is 0 Å². The minimum Gasteiger partial charge on any atom is -0.481 e. The zero-order chi connectivity index (χ0) is 26.6. The molecule has 0 heterocycles. The summed E-state index contributed by atoms with van der Waals surface area (Å²) in [6, 6.07) is -5.06. The van der Waals surface area contributed by atoms with Crippen molar-refractivity contribution in [1.29, 1.82) is 0 Å². The maximum atomic E-state index is 12.9. The third-order valence-corrected chi connectivity index (χ3v) is 5.21. The second-order valence-corrected chi connectivity index (χ2v) is 8.67. The largest absolute Gasteiger partial charge is 0.481 e. The summed E-state index contributed by atoms with van der Waals surface area (Å²) in [7, 11) is 0. The third kappa shape index (κ3) is 11.6. The van der Waals surface area contributed by atoms with Crippen LogP contribution in [-0.2, 0) is 28.8 Å². The second-order valence-electron chi connectivity index (χ2n) is 8.67. The molecule has 0 radical (unpaired) electrons. The molecule has 0 aliphatic rings. The SMILES string of the molecule is CCC(C)C(N)C(=O)NC(CCC(N)=O)C(=O)NC(CC(C)C)C(=O)NC(CC(=O)O)C(=O)O. The van der Waals surface area contributed by atoms with E-state index in [0.29, 0.717) is 6.42 Å². The number of carboxylic acid groups (broad SMARTS) is 2. The van der Waals surface area contributed by atoms with Crippen LogP contribution in [0, 0.1) is 11.8 Å². The summed E-state index contributed by atoms with van der Waals surface area (Å²) in [5, 5.41) is 25.1. The Hall–Kier alpha value is -3.22. The zero-order valence-electron chi connectivity index (χ0n) is 20.0. The van der Waals surface area contributed by atoms with Crippen LogP contribution in [0.4, 0.5) is 0 Å². The van der Waals surface area contributed by atoms with Gasteiger partial charge in [0.1, 0.15) is 18.1 Å². The summed E-state index contributed by atoms with van der Waals surface area (Å²) in [6.07, 6.45) is -0.511. The normalized spacial score (nSPS) is 15.4. The lowest BCUT2D eigenvalue weighted by Crippen LogP contribution is -2.58. The molecule has 13 heteroatoms. The average Bonchev–Trinajstić information content (AvgIpc) is 2.73. The molecule has 9 N–H and O–H groups in total. The van der Waals surface area contributed by atoms with Crippen molar-refractivity contribution in [2.45, 2.75) is 84.0 Å². The van der Waals surface area contributed by atoms with Crippen LogP contribution in [0.5, 0.6) is 0 Å². The molecule has 0 aliphatic carbocycles. The Morgan fingerprint density at radius 1 is 0.824 bits per heavy atom. The van der Waals surface area contributed by atoms with E-state index >= 15 is 0 Å². The van der Waals surface area contributed by atoms with Gasteiger partial charge in [-0.15, -0.1) is 0 Å². The van der Waals surface area contributed by atoms with Crippen LogP contribution in [0.1, 0.15) is 59.8 Å². The highest BCUT2D eigenvalue weighted by Gasteiger charge is 2.32. The smallest absolute Gasteiger partial charge is 0.326 e. The maximum absolute atomic E-state index is 12.9. The van der Waals surface area contributed by atoms with Gasteiger partial charge in [-0.05, 0) is 24.7 Å². The zero-order valence-corrected chi connectivity index (χ0v) is 20.0. The molecule has 0 saturated heterocycles. The molecule has 0 bridgehead atoms. The summed E-state index contributed by atoms with van der Waals surface area (Å²) in [4.78, 5) is 71.5. The van der Waals surface area contributed by atoms with Crippen molar-refractivity contribution in [2.75, 3.05) is 0 Å². The number of nitrogens with one attached hydrogen (secondary N) is 3. The lowest BCUT2D eigenvalue weighted by molar-refractivity contribution is -0.147. The lowest BCUT2D eigenvalue weighted by Gasteiger charge is -2.26. The molecule has 194 valence electrons. The van der Waals surface area contributed by atoms with Crippen molar-refractivity contribution in [3.8, 4) is 0 Å². The van der Waals surface area contributed by atoms with Crippen LogP contribution in [0.2, 0.25) is 0 Å². The van der Waals surface area contributed by atoms with Crippen LogP contribution in [0.15, 0.2) is 0 Å². The van der Waals surface area contributed by atoms with Crippen LogP contribution >= 0.6 is 0 Å². The fourth-order valence-corrected chi connectivity index (χ4v) is 2.96. The lowest BCUT2D eigenvalue weighted by atomic mass is 9.98. The van der Waals surface area contributed by atoms with E-state index in [4.69, 9.17) is 16.6 Å². The highest BCUT2D eigenvalue weighted by molar-refractivity contribution is 5.94. The van der Waals surface area contributed by atoms with Gasteiger partial charge in [0.25, 0.3) is 0 Å². The summed E-state index contributed by atoms with van der Waals surface area (Å²) in [6.45, 7) is 7.13. The molecule has 5 unspecified atom stereocenters. The first-order chi connectivity index (χ1) is 15.7. The molecule has 0 fully saturated rings. The molecule has 0 aromatic rings. The minimum atomic E-state index is -1.70. The topological polar surface area (TPSA) is 231 Å². The standard InChI is InChI=1S/C21H37N5O8/c1-5-11(4)17(23)20(32)24-12(6-7-15(22)27)18(30)25-13(8-10(2)3)19(31)26-14(21(33)34)9-16(28)29/h10-14,17H,5-9,23H2,1-4H3,(H2,22,27)(H,24,32)(H,25,30)(H,26,31)(H,28,29)(H,33,34). The van der Waals surface area contributed by atoms with Crippen LogP contribution < -0.4 is 27.4 Å². The molecule has 0 aromatic carbocycles. The van der Waals surface area contributed by atoms with Gasteiger partial charge >= 0.3 is 11.9 Å². The summed E-state index contributed by atoms with van der Waals surface area (Å²) >= 11 is 0. The van der Waals surface area contributed by atoms with Gasteiger partial charge < -0.3 is 37.6 Å². The van der Waals surface area contributed by atoms with Gasteiger partial charge in [-0.25, -0.2) is 4.79 Å². The molecule has 0 aromatic heterocycles. The van der Waals surface area contributed by atoms with Gasteiger partial charge in [0.05, 0.1) is 12.5 Å². The van der Waals surface area contributed by atoms with Crippen molar-refractivity contribution in [2.24, 2.45) is 23.3 Å². The van der Waals surface area contributed by atoms with Gasteiger partial charge in [0.2, 0.25) is 23.6 Å². The van der Waals surface area contributed by atoms with Gasteiger partial charge in [-0.3, -0.25) is 24.0 Å². The number of aliphatic carboxylic acids is 2. The fraction of sp³-hybridized carbons (Fsp3) is 0.714. The predicted octanol–water partition coefficient (Wildman–Crippen LogP) is -1.31. The summed E-state index contributed by atoms with van der Waals surface area (Å²) in [5.41, 5.74) is 11.1. The number of rotatable bonds is 16. The minimum absolute atomic E-state index is 0.0971. The van der Waals surface area contributed by atoms with Gasteiger partial charge in [-0.2, -0.15) is 0 Å². The second kappa shape index (κ2) is 14.8. The summed E-state index contributed by atoms with van der Waals surface area (Å²) in [5.74, 6) is -6.27.